The minimum atomic E-state index is -3.04. The molecule has 0 spiro atoms. The molecule has 1 amide bonds. The van der Waals surface area contributed by atoms with E-state index in [2.05, 4.69) is 12.2 Å². The molecule has 0 aromatic rings. The first-order chi connectivity index (χ1) is 7.33. The van der Waals surface area contributed by atoms with Gasteiger partial charge in [-0.05, 0) is 18.8 Å². The predicted octanol–water partition coefficient (Wildman–Crippen LogP) is -0.337. The summed E-state index contributed by atoms with van der Waals surface area (Å²) in [5.74, 6) is 0.305. The second kappa shape index (κ2) is 5.14. The first-order valence-electron chi connectivity index (χ1n) is 5.57. The Morgan fingerprint density at radius 2 is 2.19 bits per heavy atom. The molecule has 0 heterocycles. The van der Waals surface area contributed by atoms with Gasteiger partial charge >= 0.3 is 0 Å². The molecule has 1 saturated carbocycles. The molecule has 1 fully saturated rings. The monoisotopic (exact) mass is 248 g/mol. The van der Waals surface area contributed by atoms with Gasteiger partial charge in [0.05, 0.1) is 11.8 Å². The van der Waals surface area contributed by atoms with E-state index in [9.17, 15) is 13.2 Å². The van der Waals surface area contributed by atoms with Crippen molar-refractivity contribution in [2.24, 2.45) is 11.7 Å². The second-order valence-corrected chi connectivity index (χ2v) is 6.80. The lowest BCUT2D eigenvalue weighted by Gasteiger charge is -2.11. The summed E-state index contributed by atoms with van der Waals surface area (Å²) in [5.41, 5.74) is 5.61. The first-order valence-corrected chi connectivity index (χ1v) is 7.63. The summed E-state index contributed by atoms with van der Waals surface area (Å²) in [5, 5.41) is 2.83. The molecule has 0 aromatic carbocycles. The SMILES string of the molecule is CCC1CC1NC(=O)C(N)CCS(C)(=O)=O. The van der Waals surface area contributed by atoms with Gasteiger partial charge in [0.25, 0.3) is 0 Å². The van der Waals surface area contributed by atoms with Crippen LogP contribution in [0.15, 0.2) is 0 Å². The van der Waals surface area contributed by atoms with Gasteiger partial charge in [-0.2, -0.15) is 0 Å². The fourth-order valence-corrected chi connectivity index (χ4v) is 2.32. The van der Waals surface area contributed by atoms with Gasteiger partial charge in [0, 0.05) is 12.3 Å². The smallest absolute Gasteiger partial charge is 0.237 e. The highest BCUT2D eigenvalue weighted by molar-refractivity contribution is 7.90. The van der Waals surface area contributed by atoms with Crippen molar-refractivity contribution in [3.05, 3.63) is 0 Å². The van der Waals surface area contributed by atoms with E-state index in [4.69, 9.17) is 5.73 Å². The molecule has 0 bridgehead atoms. The van der Waals surface area contributed by atoms with Crippen molar-refractivity contribution in [3.8, 4) is 0 Å². The summed E-state index contributed by atoms with van der Waals surface area (Å²) < 4.78 is 21.8. The number of rotatable bonds is 6. The third-order valence-corrected chi connectivity index (χ3v) is 3.89. The molecular weight excluding hydrogens is 228 g/mol. The van der Waals surface area contributed by atoms with Gasteiger partial charge in [-0.3, -0.25) is 4.79 Å². The van der Waals surface area contributed by atoms with Gasteiger partial charge in [-0.1, -0.05) is 13.3 Å². The number of hydrogen-bond acceptors (Lipinski definition) is 4. The van der Waals surface area contributed by atoms with Crippen LogP contribution < -0.4 is 11.1 Å². The molecule has 3 N–H and O–H groups in total. The van der Waals surface area contributed by atoms with E-state index in [-0.39, 0.29) is 24.1 Å². The lowest BCUT2D eigenvalue weighted by atomic mass is 10.2. The predicted molar refractivity (Wildman–Crippen MR) is 62.6 cm³/mol. The fourth-order valence-electron chi connectivity index (χ4n) is 1.64. The van der Waals surface area contributed by atoms with Crippen LogP contribution in [0.25, 0.3) is 0 Å². The minimum absolute atomic E-state index is 0.0382. The Morgan fingerprint density at radius 1 is 1.56 bits per heavy atom. The highest BCUT2D eigenvalue weighted by Gasteiger charge is 2.37. The van der Waals surface area contributed by atoms with E-state index in [0.29, 0.717) is 5.92 Å². The number of carbonyl (C=O) groups excluding carboxylic acids is 1. The normalized spacial score (nSPS) is 26.2. The average Bonchev–Trinajstić information content (AvgIpc) is 2.91. The van der Waals surface area contributed by atoms with E-state index >= 15 is 0 Å². The molecule has 1 rings (SSSR count). The number of amides is 1. The number of nitrogens with two attached hydrogens (primary N) is 1. The molecule has 0 saturated heterocycles. The minimum Gasteiger partial charge on any atom is -0.352 e. The lowest BCUT2D eigenvalue weighted by Crippen LogP contribution is -2.42. The molecule has 16 heavy (non-hydrogen) atoms. The molecule has 3 atom stereocenters. The van der Waals surface area contributed by atoms with Crippen LogP contribution in [0, 0.1) is 5.92 Å². The maximum atomic E-state index is 11.5. The van der Waals surface area contributed by atoms with Crippen LogP contribution in [0.4, 0.5) is 0 Å². The van der Waals surface area contributed by atoms with E-state index < -0.39 is 15.9 Å². The maximum absolute atomic E-state index is 11.5. The third kappa shape index (κ3) is 4.49. The van der Waals surface area contributed by atoms with Crippen LogP contribution in [0.3, 0.4) is 0 Å². The van der Waals surface area contributed by atoms with Crippen LogP contribution in [-0.2, 0) is 14.6 Å². The molecule has 5 nitrogen and oxygen atoms in total. The Labute approximate surface area is 96.7 Å². The third-order valence-electron chi connectivity index (χ3n) is 2.91. The average molecular weight is 248 g/mol. The summed E-state index contributed by atoms with van der Waals surface area (Å²) in [6.07, 6.45) is 3.41. The summed E-state index contributed by atoms with van der Waals surface area (Å²) in [4.78, 5) is 11.5. The number of carbonyl (C=O) groups is 1. The van der Waals surface area contributed by atoms with Gasteiger partial charge in [0.1, 0.15) is 9.84 Å². The molecule has 0 aromatic heterocycles. The Hall–Kier alpha value is -0.620. The van der Waals surface area contributed by atoms with E-state index in [1.807, 2.05) is 0 Å². The van der Waals surface area contributed by atoms with Crippen molar-refractivity contribution < 1.29 is 13.2 Å². The van der Waals surface area contributed by atoms with Crippen molar-refractivity contribution in [1.82, 2.24) is 5.32 Å². The molecular formula is C10H20N2O3S. The van der Waals surface area contributed by atoms with Gasteiger partial charge < -0.3 is 11.1 Å². The van der Waals surface area contributed by atoms with Crippen molar-refractivity contribution in [2.75, 3.05) is 12.0 Å². The Balaban J connectivity index is 2.26. The summed E-state index contributed by atoms with van der Waals surface area (Å²) in [7, 11) is -3.04. The van der Waals surface area contributed by atoms with Gasteiger partial charge in [0.2, 0.25) is 5.91 Å². The highest BCUT2D eigenvalue weighted by Crippen LogP contribution is 2.33. The standard InChI is InChI=1S/C10H20N2O3S/c1-3-7-6-9(7)12-10(13)8(11)4-5-16(2,14)15/h7-9H,3-6,11H2,1-2H3,(H,12,13). The molecule has 0 radical (unpaired) electrons. The molecule has 1 aliphatic carbocycles. The van der Waals surface area contributed by atoms with Crippen LogP contribution in [-0.4, -0.2) is 38.4 Å². The van der Waals surface area contributed by atoms with E-state index in [1.165, 1.54) is 0 Å². The first kappa shape index (κ1) is 13.4. The Kier molecular flexibility index (Phi) is 4.32. The van der Waals surface area contributed by atoms with Crippen LogP contribution in [0.5, 0.6) is 0 Å². The number of hydrogen-bond donors (Lipinski definition) is 2. The Morgan fingerprint density at radius 3 is 2.62 bits per heavy atom. The van der Waals surface area contributed by atoms with Crippen LogP contribution in [0.1, 0.15) is 26.2 Å². The maximum Gasteiger partial charge on any atom is 0.237 e. The van der Waals surface area contributed by atoms with Gasteiger partial charge in [-0.25, -0.2) is 8.42 Å². The summed E-state index contributed by atoms with van der Waals surface area (Å²) in [6.45, 7) is 2.08. The number of sulfone groups is 1. The highest BCUT2D eigenvalue weighted by atomic mass is 32.2. The Bertz CT molecular complexity index is 353. The fraction of sp³-hybridized carbons (Fsp3) is 0.900. The zero-order valence-corrected chi connectivity index (χ0v) is 10.6. The van der Waals surface area contributed by atoms with Crippen LogP contribution in [0.2, 0.25) is 0 Å². The van der Waals surface area contributed by atoms with E-state index in [0.717, 1.165) is 19.1 Å². The zero-order valence-electron chi connectivity index (χ0n) is 9.77. The molecule has 6 heteroatoms. The van der Waals surface area contributed by atoms with Gasteiger partial charge in [-0.15, -0.1) is 0 Å². The second-order valence-electron chi connectivity index (χ2n) is 4.54. The molecule has 94 valence electrons. The van der Waals surface area contributed by atoms with Crippen molar-refractivity contribution in [1.29, 1.82) is 0 Å². The molecule has 1 aliphatic rings. The largest absolute Gasteiger partial charge is 0.352 e. The van der Waals surface area contributed by atoms with Crippen molar-refractivity contribution >= 4 is 15.7 Å². The number of nitrogens with one attached hydrogen (secondary N) is 1. The van der Waals surface area contributed by atoms with E-state index in [1.54, 1.807) is 0 Å². The summed E-state index contributed by atoms with van der Waals surface area (Å²) in [6, 6.07) is -0.463. The zero-order chi connectivity index (χ0) is 12.3. The lowest BCUT2D eigenvalue weighted by molar-refractivity contribution is -0.122. The van der Waals surface area contributed by atoms with Crippen molar-refractivity contribution in [2.45, 2.75) is 38.3 Å². The quantitative estimate of drug-likeness (QED) is 0.673. The summed E-state index contributed by atoms with van der Waals surface area (Å²) >= 11 is 0. The van der Waals surface area contributed by atoms with Crippen LogP contribution >= 0.6 is 0 Å². The van der Waals surface area contributed by atoms with Crippen molar-refractivity contribution in [3.63, 3.8) is 0 Å². The topological polar surface area (TPSA) is 89.3 Å². The molecule has 0 aliphatic heterocycles. The van der Waals surface area contributed by atoms with Gasteiger partial charge in [0.15, 0.2) is 0 Å². The molecule has 3 unspecified atom stereocenters.